The summed E-state index contributed by atoms with van der Waals surface area (Å²) in [6.45, 7) is 11.5. The molecule has 0 N–H and O–H groups in total. The summed E-state index contributed by atoms with van der Waals surface area (Å²) in [5, 5.41) is 0. The van der Waals surface area contributed by atoms with Crippen LogP contribution in [0.2, 0.25) is 0 Å². The van der Waals surface area contributed by atoms with Crippen LogP contribution < -0.4 is 0 Å². The van der Waals surface area contributed by atoms with Crippen molar-refractivity contribution in [3.05, 3.63) is 0 Å². The van der Waals surface area contributed by atoms with Crippen LogP contribution in [-0.2, 0) is 0 Å². The summed E-state index contributed by atoms with van der Waals surface area (Å²) < 4.78 is 0. The van der Waals surface area contributed by atoms with Gasteiger partial charge in [-0.05, 0) is 26.7 Å². The van der Waals surface area contributed by atoms with E-state index in [9.17, 15) is 0 Å². The molecule has 1 heteroatoms. The third kappa shape index (κ3) is 1.96. The van der Waals surface area contributed by atoms with E-state index < -0.39 is 0 Å². The van der Waals surface area contributed by atoms with Gasteiger partial charge in [-0.3, -0.25) is 4.90 Å². The van der Waals surface area contributed by atoms with Crippen LogP contribution in [0.15, 0.2) is 0 Å². The molecule has 2 unspecified atom stereocenters. The second kappa shape index (κ2) is 3.57. The van der Waals surface area contributed by atoms with Gasteiger partial charge in [0.05, 0.1) is 0 Å². The van der Waals surface area contributed by atoms with E-state index >= 15 is 0 Å². The number of hydrogen-bond acceptors (Lipinski definition) is 1. The van der Waals surface area contributed by atoms with E-state index in [1.807, 2.05) is 0 Å². The van der Waals surface area contributed by atoms with Crippen LogP contribution in [0.1, 0.15) is 42.0 Å². The molecule has 0 bridgehead atoms. The van der Waals surface area contributed by atoms with E-state index in [0.717, 1.165) is 24.0 Å². The summed E-state index contributed by atoms with van der Waals surface area (Å²) in [4.78, 5) is 2.57. The Kier molecular flexibility index (Phi) is 3.56. The maximum atomic E-state index is 2.57. The molecule has 11 heavy (non-hydrogen) atoms. The van der Waals surface area contributed by atoms with E-state index in [-0.39, 0.29) is 7.43 Å². The molecule has 0 aromatic carbocycles. The fourth-order valence-corrected chi connectivity index (χ4v) is 1.62. The van der Waals surface area contributed by atoms with Crippen LogP contribution in [0.25, 0.3) is 0 Å². The molecule has 0 amide bonds. The number of nitrogens with zero attached hydrogens (tertiary/aromatic N) is 1. The molecule has 0 aromatic rings. The molecule has 0 saturated carbocycles. The molecular formula is C10H23N. The zero-order valence-corrected chi connectivity index (χ0v) is 7.76. The first kappa shape index (κ1) is 11.0. The lowest BCUT2D eigenvalue weighted by Gasteiger charge is -2.17. The Bertz CT molecular complexity index is 105. The van der Waals surface area contributed by atoms with Crippen LogP contribution >= 0.6 is 0 Å². The van der Waals surface area contributed by atoms with Crippen molar-refractivity contribution in [1.82, 2.24) is 4.90 Å². The molecule has 1 heterocycles. The predicted molar refractivity (Wildman–Crippen MR) is 51.8 cm³/mol. The molecule has 1 rings (SSSR count). The van der Waals surface area contributed by atoms with Crippen molar-refractivity contribution in [3.8, 4) is 0 Å². The summed E-state index contributed by atoms with van der Waals surface area (Å²) in [6, 6.07) is 2.43. The van der Waals surface area contributed by atoms with Crippen molar-refractivity contribution < 1.29 is 0 Å². The highest BCUT2D eigenvalue weighted by atomic mass is 15.4. The third-order valence-electron chi connectivity index (χ3n) is 2.98. The molecule has 0 aliphatic carbocycles. The highest BCUT2D eigenvalue weighted by Gasteiger charge is 2.43. The van der Waals surface area contributed by atoms with E-state index in [4.69, 9.17) is 0 Å². The zero-order chi connectivity index (χ0) is 7.89. The van der Waals surface area contributed by atoms with Gasteiger partial charge in [-0.2, -0.15) is 0 Å². The SMILES string of the molecule is C.CC(C)[C@H](C)N1C(C)C1C. The van der Waals surface area contributed by atoms with Crippen LogP contribution in [-0.4, -0.2) is 23.0 Å². The van der Waals surface area contributed by atoms with Crippen molar-refractivity contribution in [2.45, 2.75) is 60.2 Å². The van der Waals surface area contributed by atoms with Crippen LogP contribution in [0.4, 0.5) is 0 Å². The van der Waals surface area contributed by atoms with Crippen molar-refractivity contribution in [2.24, 2.45) is 5.92 Å². The minimum Gasteiger partial charge on any atom is -0.292 e. The second-order valence-corrected chi connectivity index (χ2v) is 3.91. The standard InChI is InChI=1S/C9H19N.CH4/c1-6(2)7(3)10-8(4)9(10)5;/h6-9H,1-5H3;1H4/t7-,8?,9?,10?;/m0./s1. The molecule has 0 radical (unpaired) electrons. The topological polar surface area (TPSA) is 3.01 Å². The highest BCUT2D eigenvalue weighted by molar-refractivity contribution is 4.99. The molecule has 1 fully saturated rings. The second-order valence-electron chi connectivity index (χ2n) is 3.91. The van der Waals surface area contributed by atoms with Gasteiger partial charge in [0, 0.05) is 18.1 Å². The summed E-state index contributed by atoms with van der Waals surface area (Å²) in [6.07, 6.45) is 0. The van der Waals surface area contributed by atoms with Crippen molar-refractivity contribution in [1.29, 1.82) is 0 Å². The summed E-state index contributed by atoms with van der Waals surface area (Å²) in [5.74, 6) is 0.799. The summed E-state index contributed by atoms with van der Waals surface area (Å²) in [5.41, 5.74) is 0. The number of rotatable bonds is 2. The molecule has 3 atom stereocenters. The van der Waals surface area contributed by atoms with Crippen LogP contribution in [0.3, 0.4) is 0 Å². The lowest BCUT2D eigenvalue weighted by molar-refractivity contribution is 0.303. The Morgan fingerprint density at radius 3 is 1.45 bits per heavy atom. The smallest absolute Gasteiger partial charge is 0.0227 e. The highest BCUT2D eigenvalue weighted by Crippen LogP contribution is 2.32. The molecule has 0 spiro atoms. The zero-order valence-electron chi connectivity index (χ0n) is 7.76. The third-order valence-corrected chi connectivity index (χ3v) is 2.98. The largest absolute Gasteiger partial charge is 0.292 e. The first-order chi connectivity index (χ1) is 4.55. The van der Waals surface area contributed by atoms with Gasteiger partial charge in [0.15, 0.2) is 0 Å². The first-order valence-corrected chi connectivity index (χ1v) is 4.33. The van der Waals surface area contributed by atoms with E-state index in [1.54, 1.807) is 0 Å². The summed E-state index contributed by atoms with van der Waals surface area (Å²) in [7, 11) is 0. The monoisotopic (exact) mass is 157 g/mol. The molecule has 0 aromatic heterocycles. The van der Waals surface area contributed by atoms with E-state index in [1.165, 1.54) is 0 Å². The van der Waals surface area contributed by atoms with Crippen molar-refractivity contribution >= 4 is 0 Å². The summed E-state index contributed by atoms with van der Waals surface area (Å²) >= 11 is 0. The first-order valence-electron chi connectivity index (χ1n) is 4.33. The van der Waals surface area contributed by atoms with Gasteiger partial charge in [-0.1, -0.05) is 21.3 Å². The van der Waals surface area contributed by atoms with Gasteiger partial charge in [0.25, 0.3) is 0 Å². The van der Waals surface area contributed by atoms with Gasteiger partial charge in [0.1, 0.15) is 0 Å². The average Bonchev–Trinajstić information content (AvgIpc) is 2.40. The molecule has 1 saturated heterocycles. The van der Waals surface area contributed by atoms with Crippen molar-refractivity contribution in [2.75, 3.05) is 0 Å². The number of hydrogen-bond donors (Lipinski definition) is 0. The Balaban J connectivity index is 0.000001000. The van der Waals surface area contributed by atoms with Gasteiger partial charge >= 0.3 is 0 Å². The Morgan fingerprint density at radius 2 is 1.36 bits per heavy atom. The minimum atomic E-state index is 0. The molecular weight excluding hydrogens is 134 g/mol. The van der Waals surface area contributed by atoms with Gasteiger partial charge in [-0.15, -0.1) is 0 Å². The van der Waals surface area contributed by atoms with E-state index in [0.29, 0.717) is 0 Å². The Labute approximate surface area is 71.8 Å². The molecule has 1 nitrogen and oxygen atoms in total. The Morgan fingerprint density at radius 1 is 1.00 bits per heavy atom. The van der Waals surface area contributed by atoms with Gasteiger partial charge < -0.3 is 0 Å². The van der Waals surface area contributed by atoms with Crippen LogP contribution in [0, 0.1) is 5.92 Å². The van der Waals surface area contributed by atoms with Gasteiger partial charge in [0.2, 0.25) is 0 Å². The lowest BCUT2D eigenvalue weighted by Crippen LogP contribution is -2.23. The predicted octanol–water partition coefficient (Wildman–Crippen LogP) is 2.76. The average molecular weight is 157 g/mol. The molecule has 1 aliphatic rings. The fraction of sp³-hybridized carbons (Fsp3) is 1.00. The maximum absolute atomic E-state index is 2.57. The fourth-order valence-electron chi connectivity index (χ4n) is 1.62. The lowest BCUT2D eigenvalue weighted by atomic mass is 10.1. The normalized spacial score (nSPS) is 38.2. The van der Waals surface area contributed by atoms with Gasteiger partial charge in [-0.25, -0.2) is 0 Å². The molecule has 68 valence electrons. The van der Waals surface area contributed by atoms with E-state index in [2.05, 4.69) is 39.5 Å². The van der Waals surface area contributed by atoms with Crippen molar-refractivity contribution in [3.63, 3.8) is 0 Å². The maximum Gasteiger partial charge on any atom is 0.0227 e. The van der Waals surface area contributed by atoms with Crippen LogP contribution in [0.5, 0.6) is 0 Å². The minimum absolute atomic E-state index is 0. The quantitative estimate of drug-likeness (QED) is 0.557. The molecule has 1 aliphatic heterocycles. The Hall–Kier alpha value is -0.0400.